The molecule has 0 fully saturated rings. The minimum atomic E-state index is -0.776. The van der Waals surface area contributed by atoms with Crippen LogP contribution in [0.3, 0.4) is 0 Å². The normalized spacial score (nSPS) is 12.3. The van der Waals surface area contributed by atoms with E-state index in [0.29, 0.717) is 6.42 Å². The number of carbonyl (C=O) groups is 1. The van der Waals surface area contributed by atoms with Crippen LogP contribution in [0.25, 0.3) is 11.3 Å². The molecule has 2 aromatic rings. The molecule has 4 heteroatoms. The number of nitrogens with zero attached hydrogens (tertiary/aromatic N) is 1. The maximum absolute atomic E-state index is 10.8. The van der Waals surface area contributed by atoms with Crippen molar-refractivity contribution in [1.29, 1.82) is 0 Å². The van der Waals surface area contributed by atoms with Gasteiger partial charge in [-0.05, 0) is 0 Å². The van der Waals surface area contributed by atoms with Crippen molar-refractivity contribution in [2.45, 2.75) is 13.3 Å². The van der Waals surface area contributed by atoms with E-state index in [4.69, 9.17) is 5.11 Å². The molecule has 2 rings (SSSR count). The summed E-state index contributed by atoms with van der Waals surface area (Å²) in [5, 5.41) is 11.7. The van der Waals surface area contributed by atoms with Gasteiger partial charge in [0, 0.05) is 17.4 Å². The summed E-state index contributed by atoms with van der Waals surface area (Å²) >= 11 is 1.52. The number of rotatable bonds is 4. The predicted molar refractivity (Wildman–Crippen MR) is 68.1 cm³/mol. The van der Waals surface area contributed by atoms with E-state index in [0.717, 1.165) is 16.3 Å². The van der Waals surface area contributed by atoms with Crippen LogP contribution in [-0.4, -0.2) is 16.1 Å². The molecule has 1 unspecified atom stereocenters. The standard InChI is InChI=1S/C13H13NO2S/c1-9(13(15)16)7-12-14-11(8-17-12)10-5-3-2-4-6-10/h2-6,8-9H,7H2,1H3,(H,15,16). The van der Waals surface area contributed by atoms with E-state index < -0.39 is 5.97 Å². The van der Waals surface area contributed by atoms with E-state index in [1.807, 2.05) is 35.7 Å². The Morgan fingerprint density at radius 3 is 2.76 bits per heavy atom. The highest BCUT2D eigenvalue weighted by Crippen LogP contribution is 2.23. The van der Waals surface area contributed by atoms with Crippen molar-refractivity contribution in [3.8, 4) is 11.3 Å². The lowest BCUT2D eigenvalue weighted by Gasteiger charge is -2.01. The van der Waals surface area contributed by atoms with Gasteiger partial charge in [0.05, 0.1) is 16.6 Å². The lowest BCUT2D eigenvalue weighted by molar-refractivity contribution is -0.141. The number of hydrogen-bond donors (Lipinski definition) is 1. The molecule has 17 heavy (non-hydrogen) atoms. The Kier molecular flexibility index (Phi) is 3.54. The first-order chi connectivity index (χ1) is 8.16. The molecule has 0 aliphatic heterocycles. The van der Waals surface area contributed by atoms with E-state index in [-0.39, 0.29) is 5.92 Å². The van der Waals surface area contributed by atoms with Crippen LogP contribution >= 0.6 is 11.3 Å². The van der Waals surface area contributed by atoms with Gasteiger partial charge in [-0.1, -0.05) is 37.3 Å². The van der Waals surface area contributed by atoms with E-state index in [2.05, 4.69) is 4.98 Å². The third kappa shape index (κ3) is 2.91. The molecule has 0 saturated heterocycles. The van der Waals surface area contributed by atoms with Crippen molar-refractivity contribution < 1.29 is 9.90 Å². The number of carboxylic acids is 1. The van der Waals surface area contributed by atoms with Crippen molar-refractivity contribution in [2.24, 2.45) is 5.92 Å². The smallest absolute Gasteiger partial charge is 0.306 e. The second-order valence-electron chi connectivity index (χ2n) is 3.94. The molecule has 1 aromatic carbocycles. The maximum Gasteiger partial charge on any atom is 0.306 e. The highest BCUT2D eigenvalue weighted by molar-refractivity contribution is 7.09. The lowest BCUT2D eigenvalue weighted by atomic mass is 10.1. The second-order valence-corrected chi connectivity index (χ2v) is 4.88. The monoisotopic (exact) mass is 247 g/mol. The summed E-state index contributed by atoms with van der Waals surface area (Å²) in [5.41, 5.74) is 1.99. The topological polar surface area (TPSA) is 50.2 Å². The first kappa shape index (κ1) is 11.8. The highest BCUT2D eigenvalue weighted by atomic mass is 32.1. The Hall–Kier alpha value is -1.68. The first-order valence-electron chi connectivity index (χ1n) is 5.39. The molecule has 0 spiro atoms. The maximum atomic E-state index is 10.8. The Morgan fingerprint density at radius 1 is 1.41 bits per heavy atom. The zero-order chi connectivity index (χ0) is 12.3. The Labute approximate surface area is 104 Å². The molecule has 1 atom stereocenters. The van der Waals surface area contributed by atoms with Gasteiger partial charge in [0.1, 0.15) is 0 Å². The molecule has 0 aliphatic rings. The van der Waals surface area contributed by atoms with Crippen molar-refractivity contribution in [3.63, 3.8) is 0 Å². The molecule has 0 radical (unpaired) electrons. The fraction of sp³-hybridized carbons (Fsp3) is 0.231. The van der Waals surface area contributed by atoms with Crippen LogP contribution in [0.5, 0.6) is 0 Å². The summed E-state index contributed by atoms with van der Waals surface area (Å²) in [4.78, 5) is 15.2. The molecule has 0 saturated carbocycles. The van der Waals surface area contributed by atoms with Crippen LogP contribution in [-0.2, 0) is 11.2 Å². The minimum Gasteiger partial charge on any atom is -0.481 e. The van der Waals surface area contributed by atoms with Gasteiger partial charge < -0.3 is 5.11 Å². The van der Waals surface area contributed by atoms with Crippen LogP contribution in [0.1, 0.15) is 11.9 Å². The van der Waals surface area contributed by atoms with Gasteiger partial charge in [-0.2, -0.15) is 0 Å². The molecule has 1 aromatic heterocycles. The number of aromatic nitrogens is 1. The second kappa shape index (κ2) is 5.10. The van der Waals surface area contributed by atoms with Gasteiger partial charge in [0.2, 0.25) is 0 Å². The summed E-state index contributed by atoms with van der Waals surface area (Å²) in [6.07, 6.45) is 0.493. The van der Waals surface area contributed by atoms with Crippen molar-refractivity contribution >= 4 is 17.3 Å². The number of carboxylic acid groups (broad SMARTS) is 1. The van der Waals surface area contributed by atoms with Crippen molar-refractivity contribution in [2.75, 3.05) is 0 Å². The van der Waals surface area contributed by atoms with Crippen molar-refractivity contribution in [1.82, 2.24) is 4.98 Å². The zero-order valence-corrected chi connectivity index (χ0v) is 10.3. The molecular formula is C13H13NO2S. The van der Waals surface area contributed by atoms with E-state index >= 15 is 0 Å². The quantitative estimate of drug-likeness (QED) is 0.903. The molecule has 1 N–H and O–H groups in total. The summed E-state index contributed by atoms with van der Waals surface area (Å²) in [6, 6.07) is 9.89. The minimum absolute atomic E-state index is 0.384. The van der Waals surface area contributed by atoms with Crippen LogP contribution in [0.4, 0.5) is 0 Å². The molecule has 0 bridgehead atoms. The van der Waals surface area contributed by atoms with Gasteiger partial charge >= 0.3 is 5.97 Å². The van der Waals surface area contributed by atoms with Crippen molar-refractivity contribution in [3.05, 3.63) is 40.7 Å². The Bertz CT molecular complexity index is 507. The summed E-state index contributed by atoms with van der Waals surface area (Å²) in [6.45, 7) is 1.70. The third-order valence-corrected chi connectivity index (χ3v) is 3.39. The van der Waals surface area contributed by atoms with Crippen LogP contribution in [0, 0.1) is 5.92 Å². The Morgan fingerprint density at radius 2 is 2.12 bits per heavy atom. The zero-order valence-electron chi connectivity index (χ0n) is 9.46. The van der Waals surface area contributed by atoms with Crippen LogP contribution in [0.2, 0.25) is 0 Å². The first-order valence-corrected chi connectivity index (χ1v) is 6.27. The summed E-state index contributed by atoms with van der Waals surface area (Å²) in [7, 11) is 0. The summed E-state index contributed by atoms with van der Waals surface area (Å²) < 4.78 is 0. The number of aliphatic carboxylic acids is 1. The largest absolute Gasteiger partial charge is 0.481 e. The highest BCUT2D eigenvalue weighted by Gasteiger charge is 2.14. The van der Waals surface area contributed by atoms with E-state index in [1.165, 1.54) is 11.3 Å². The molecule has 3 nitrogen and oxygen atoms in total. The van der Waals surface area contributed by atoms with Crippen LogP contribution < -0.4 is 0 Å². The molecule has 88 valence electrons. The lowest BCUT2D eigenvalue weighted by Crippen LogP contribution is -2.11. The molecule has 0 aliphatic carbocycles. The fourth-order valence-corrected chi connectivity index (χ4v) is 2.43. The van der Waals surface area contributed by atoms with Gasteiger partial charge in [-0.25, -0.2) is 4.98 Å². The fourth-order valence-electron chi connectivity index (χ4n) is 1.50. The van der Waals surface area contributed by atoms with Gasteiger partial charge in [0.15, 0.2) is 0 Å². The summed E-state index contributed by atoms with van der Waals surface area (Å²) in [5.74, 6) is -1.16. The average Bonchev–Trinajstić information content (AvgIpc) is 2.78. The van der Waals surface area contributed by atoms with Crippen LogP contribution in [0.15, 0.2) is 35.7 Å². The predicted octanol–water partition coefficient (Wildman–Crippen LogP) is 3.07. The van der Waals surface area contributed by atoms with Gasteiger partial charge in [-0.3, -0.25) is 4.79 Å². The number of thiazole rings is 1. The van der Waals surface area contributed by atoms with Gasteiger partial charge in [0.25, 0.3) is 0 Å². The number of benzene rings is 1. The number of hydrogen-bond acceptors (Lipinski definition) is 3. The molecular weight excluding hydrogens is 234 g/mol. The van der Waals surface area contributed by atoms with E-state index in [9.17, 15) is 4.79 Å². The average molecular weight is 247 g/mol. The Balaban J connectivity index is 2.14. The van der Waals surface area contributed by atoms with Gasteiger partial charge in [-0.15, -0.1) is 11.3 Å². The molecule has 0 amide bonds. The third-order valence-electron chi connectivity index (χ3n) is 2.52. The van der Waals surface area contributed by atoms with E-state index in [1.54, 1.807) is 6.92 Å². The molecule has 1 heterocycles. The SMILES string of the molecule is CC(Cc1nc(-c2ccccc2)cs1)C(=O)O.